The summed E-state index contributed by atoms with van der Waals surface area (Å²) >= 11 is 0. The second kappa shape index (κ2) is 5.01. The third-order valence-corrected chi connectivity index (χ3v) is 1.05. The minimum absolute atomic E-state index is 0.0768. The normalized spacial score (nSPS) is 9.40. The lowest BCUT2D eigenvalue weighted by atomic mass is 10.3. The number of hydrogen-bond donors (Lipinski definition) is 3. The van der Waals surface area contributed by atoms with E-state index in [0.717, 1.165) is 0 Å². The second-order valence-electron chi connectivity index (χ2n) is 1.91. The summed E-state index contributed by atoms with van der Waals surface area (Å²) in [5, 5.41) is 17.2. The van der Waals surface area contributed by atoms with E-state index in [4.69, 9.17) is 16.1 Å². The Morgan fingerprint density at radius 1 is 1.50 bits per heavy atom. The maximum Gasteiger partial charge on any atom is 0.421 e. The first kappa shape index (κ1) is 9.19. The maximum atomic E-state index is 10.0. The Morgan fingerprint density at radius 2 is 2.10 bits per heavy atom. The van der Waals surface area contributed by atoms with Crippen LogP contribution in [0.1, 0.15) is 12.8 Å². The number of hydrogen-bond acceptors (Lipinski definition) is 3. The van der Waals surface area contributed by atoms with Crippen molar-refractivity contribution in [3.63, 3.8) is 0 Å². The van der Waals surface area contributed by atoms with Crippen LogP contribution in [0.5, 0.6) is 0 Å². The molecule has 60 valence electrons. The molecule has 0 heterocycles. The predicted molar refractivity (Wildman–Crippen MR) is 35.2 cm³/mol. The molecule has 0 aliphatic heterocycles. The van der Waals surface area contributed by atoms with Crippen molar-refractivity contribution in [3.8, 4) is 0 Å². The molecule has 0 radical (unpaired) electrons. The van der Waals surface area contributed by atoms with Gasteiger partial charge in [-0.15, -0.1) is 0 Å². The van der Waals surface area contributed by atoms with Crippen molar-refractivity contribution in [2.75, 3.05) is 13.2 Å². The monoisotopic (exact) mass is 148 g/mol. The SMILES string of the molecule is NN(CCCCO)C(=O)O. The first-order valence-corrected chi connectivity index (χ1v) is 3.04. The zero-order valence-electron chi connectivity index (χ0n) is 5.66. The van der Waals surface area contributed by atoms with Crippen LogP contribution in [0.2, 0.25) is 0 Å². The zero-order chi connectivity index (χ0) is 7.98. The Labute approximate surface area is 59.0 Å². The van der Waals surface area contributed by atoms with Crippen LogP contribution in [0.15, 0.2) is 0 Å². The summed E-state index contributed by atoms with van der Waals surface area (Å²) in [7, 11) is 0. The number of carboxylic acid groups (broad SMARTS) is 1. The number of carbonyl (C=O) groups is 1. The number of amides is 1. The zero-order valence-corrected chi connectivity index (χ0v) is 5.66. The summed E-state index contributed by atoms with van der Waals surface area (Å²) < 4.78 is 0. The number of nitrogens with two attached hydrogens (primary N) is 1. The van der Waals surface area contributed by atoms with Gasteiger partial charge in [-0.05, 0) is 12.8 Å². The molecule has 1 amide bonds. The summed E-state index contributed by atoms with van der Waals surface area (Å²) in [5.41, 5.74) is 0. The number of rotatable bonds is 4. The van der Waals surface area contributed by atoms with Crippen LogP contribution in [-0.4, -0.2) is 34.5 Å². The fraction of sp³-hybridized carbons (Fsp3) is 0.800. The molecular weight excluding hydrogens is 136 g/mol. The van der Waals surface area contributed by atoms with Crippen molar-refractivity contribution >= 4 is 6.09 Å². The van der Waals surface area contributed by atoms with Gasteiger partial charge >= 0.3 is 6.09 Å². The van der Waals surface area contributed by atoms with Gasteiger partial charge in [-0.25, -0.2) is 15.6 Å². The Hall–Kier alpha value is -0.810. The molecule has 0 aromatic rings. The van der Waals surface area contributed by atoms with Gasteiger partial charge in [0.1, 0.15) is 0 Å². The van der Waals surface area contributed by atoms with Gasteiger partial charge < -0.3 is 10.2 Å². The number of unbranched alkanes of at least 4 members (excludes halogenated alkanes) is 1. The quantitative estimate of drug-likeness (QED) is 0.219. The molecule has 0 atom stereocenters. The molecule has 0 rings (SSSR count). The molecule has 5 nitrogen and oxygen atoms in total. The fourth-order valence-electron chi connectivity index (χ4n) is 0.490. The summed E-state index contributed by atoms with van der Waals surface area (Å²) in [6, 6.07) is 0. The highest BCUT2D eigenvalue weighted by atomic mass is 16.4. The van der Waals surface area contributed by atoms with Crippen LogP contribution < -0.4 is 5.84 Å². The Balaban J connectivity index is 3.21. The summed E-state index contributed by atoms with van der Waals surface area (Å²) in [5.74, 6) is 5.01. The fourth-order valence-corrected chi connectivity index (χ4v) is 0.490. The molecule has 0 aliphatic rings. The van der Waals surface area contributed by atoms with E-state index in [0.29, 0.717) is 17.9 Å². The minimum atomic E-state index is -1.14. The van der Waals surface area contributed by atoms with Crippen LogP contribution in [-0.2, 0) is 0 Å². The molecule has 0 unspecified atom stereocenters. The maximum absolute atomic E-state index is 10.0. The summed E-state index contributed by atoms with van der Waals surface area (Å²) in [4.78, 5) is 10.0. The van der Waals surface area contributed by atoms with Crippen LogP contribution in [0.25, 0.3) is 0 Å². The molecule has 0 aromatic heterocycles. The molecule has 0 aliphatic carbocycles. The Bertz CT molecular complexity index is 107. The molecule has 0 bridgehead atoms. The van der Waals surface area contributed by atoms with Gasteiger partial charge in [0.15, 0.2) is 0 Å². The second-order valence-corrected chi connectivity index (χ2v) is 1.91. The number of aliphatic hydroxyl groups is 1. The van der Waals surface area contributed by atoms with Gasteiger partial charge in [0.05, 0.1) is 0 Å². The van der Waals surface area contributed by atoms with Crippen LogP contribution in [0.3, 0.4) is 0 Å². The highest BCUT2D eigenvalue weighted by Gasteiger charge is 2.03. The van der Waals surface area contributed by atoms with Gasteiger partial charge in [0, 0.05) is 13.2 Å². The van der Waals surface area contributed by atoms with E-state index in [1.54, 1.807) is 0 Å². The van der Waals surface area contributed by atoms with Crippen molar-refractivity contribution in [2.45, 2.75) is 12.8 Å². The number of hydrazine groups is 1. The van der Waals surface area contributed by atoms with Crippen molar-refractivity contribution in [1.82, 2.24) is 5.01 Å². The summed E-state index contributed by atoms with van der Waals surface area (Å²) in [6.45, 7) is 0.351. The Morgan fingerprint density at radius 3 is 2.50 bits per heavy atom. The topological polar surface area (TPSA) is 86.8 Å². The van der Waals surface area contributed by atoms with E-state index in [9.17, 15) is 4.79 Å². The smallest absolute Gasteiger partial charge is 0.421 e. The van der Waals surface area contributed by atoms with Crippen molar-refractivity contribution < 1.29 is 15.0 Å². The number of nitrogens with zero attached hydrogens (tertiary/aromatic N) is 1. The molecule has 0 aromatic carbocycles. The van der Waals surface area contributed by atoms with E-state index in [2.05, 4.69) is 0 Å². The Kier molecular flexibility index (Phi) is 4.61. The van der Waals surface area contributed by atoms with Crippen LogP contribution in [0.4, 0.5) is 4.79 Å². The lowest BCUT2D eigenvalue weighted by molar-refractivity contribution is 0.143. The molecule has 10 heavy (non-hydrogen) atoms. The average Bonchev–Trinajstić information content (AvgIpc) is 1.88. The van der Waals surface area contributed by atoms with E-state index in [1.165, 1.54) is 0 Å². The third kappa shape index (κ3) is 4.11. The summed E-state index contributed by atoms with van der Waals surface area (Å²) in [6.07, 6.45) is 0.0400. The van der Waals surface area contributed by atoms with Crippen molar-refractivity contribution in [3.05, 3.63) is 0 Å². The van der Waals surface area contributed by atoms with Gasteiger partial charge in [0.2, 0.25) is 0 Å². The molecule has 5 heteroatoms. The third-order valence-electron chi connectivity index (χ3n) is 1.05. The van der Waals surface area contributed by atoms with Crippen molar-refractivity contribution in [1.29, 1.82) is 0 Å². The highest BCUT2D eigenvalue weighted by Crippen LogP contribution is 1.89. The van der Waals surface area contributed by atoms with E-state index < -0.39 is 6.09 Å². The van der Waals surface area contributed by atoms with Gasteiger partial charge in [-0.2, -0.15) is 0 Å². The molecule has 0 fully saturated rings. The van der Waals surface area contributed by atoms with E-state index in [1.807, 2.05) is 0 Å². The molecule has 4 N–H and O–H groups in total. The predicted octanol–water partition coefficient (Wildman–Crippen LogP) is -0.387. The van der Waals surface area contributed by atoms with Crippen LogP contribution >= 0.6 is 0 Å². The van der Waals surface area contributed by atoms with E-state index >= 15 is 0 Å². The standard InChI is InChI=1S/C5H12N2O3/c6-7(5(9)10)3-1-2-4-8/h8H,1-4,6H2,(H,9,10). The number of aliphatic hydroxyl groups excluding tert-OH is 1. The molecule has 0 spiro atoms. The van der Waals surface area contributed by atoms with Crippen LogP contribution in [0, 0.1) is 0 Å². The largest absolute Gasteiger partial charge is 0.464 e. The first-order chi connectivity index (χ1) is 4.68. The molecule has 0 saturated heterocycles. The first-order valence-electron chi connectivity index (χ1n) is 3.04. The van der Waals surface area contributed by atoms with Crippen molar-refractivity contribution in [2.24, 2.45) is 5.84 Å². The average molecular weight is 148 g/mol. The van der Waals surface area contributed by atoms with Gasteiger partial charge in [-0.3, -0.25) is 0 Å². The van der Waals surface area contributed by atoms with E-state index in [-0.39, 0.29) is 13.2 Å². The molecule has 0 saturated carbocycles. The lowest BCUT2D eigenvalue weighted by Gasteiger charge is -2.10. The lowest BCUT2D eigenvalue weighted by Crippen LogP contribution is -2.36. The highest BCUT2D eigenvalue weighted by molar-refractivity contribution is 5.63. The minimum Gasteiger partial charge on any atom is -0.464 e. The molecular formula is C5H12N2O3. The van der Waals surface area contributed by atoms with Gasteiger partial charge in [-0.1, -0.05) is 0 Å². The van der Waals surface area contributed by atoms with Gasteiger partial charge in [0.25, 0.3) is 0 Å².